The van der Waals surface area contributed by atoms with Crippen molar-refractivity contribution in [3.05, 3.63) is 47.0 Å². The molecule has 6 heteroatoms. The molecule has 21 heavy (non-hydrogen) atoms. The number of rotatable bonds is 4. The molecule has 1 aromatic carbocycles. The van der Waals surface area contributed by atoms with Crippen LogP contribution in [-0.4, -0.2) is 28.0 Å². The number of hydrogen-bond acceptors (Lipinski definition) is 3. The number of alkyl halides is 2. The van der Waals surface area contributed by atoms with Gasteiger partial charge in [-0.25, -0.2) is 4.98 Å². The molecule has 1 aromatic heterocycles. The van der Waals surface area contributed by atoms with Gasteiger partial charge in [-0.15, -0.1) is 0 Å². The number of nitrogens with zero attached hydrogens (tertiary/aromatic N) is 2. The quantitative estimate of drug-likeness (QED) is 0.942. The molecule has 1 N–H and O–H groups in total. The Morgan fingerprint density at radius 1 is 1.43 bits per heavy atom. The third-order valence-electron chi connectivity index (χ3n) is 3.56. The Morgan fingerprint density at radius 2 is 2.29 bits per heavy atom. The molecule has 0 radical (unpaired) electrons. The Hall–Kier alpha value is -1.95. The maximum atomic E-state index is 12.2. The van der Waals surface area contributed by atoms with Crippen LogP contribution in [0.4, 0.5) is 8.78 Å². The van der Waals surface area contributed by atoms with Crippen LogP contribution in [0.15, 0.2) is 24.3 Å². The van der Waals surface area contributed by atoms with Gasteiger partial charge in [0.15, 0.2) is 0 Å². The largest absolute Gasteiger partial charge is 0.435 e. The zero-order valence-electron chi connectivity index (χ0n) is 11.8. The van der Waals surface area contributed by atoms with Gasteiger partial charge < -0.3 is 9.72 Å². The van der Waals surface area contributed by atoms with Crippen LogP contribution >= 0.6 is 0 Å². The van der Waals surface area contributed by atoms with Crippen molar-refractivity contribution in [2.24, 2.45) is 0 Å². The van der Waals surface area contributed by atoms with Crippen LogP contribution in [0.2, 0.25) is 0 Å². The van der Waals surface area contributed by atoms with Crippen LogP contribution in [0.3, 0.4) is 0 Å². The van der Waals surface area contributed by atoms with Crippen LogP contribution in [0.25, 0.3) is 0 Å². The lowest BCUT2D eigenvalue weighted by Crippen LogP contribution is -2.30. The molecule has 0 saturated carbocycles. The first-order valence-electron chi connectivity index (χ1n) is 6.90. The number of aromatic amines is 1. The van der Waals surface area contributed by atoms with E-state index in [-0.39, 0.29) is 5.75 Å². The Morgan fingerprint density at radius 3 is 3.10 bits per heavy atom. The van der Waals surface area contributed by atoms with Crippen LogP contribution in [-0.2, 0) is 19.5 Å². The smallest absolute Gasteiger partial charge is 0.387 e. The lowest BCUT2D eigenvalue weighted by molar-refractivity contribution is -0.0499. The highest BCUT2D eigenvalue weighted by Gasteiger charge is 2.19. The Labute approximate surface area is 121 Å². The van der Waals surface area contributed by atoms with Gasteiger partial charge in [0.1, 0.15) is 11.6 Å². The maximum Gasteiger partial charge on any atom is 0.387 e. The van der Waals surface area contributed by atoms with Gasteiger partial charge in [0, 0.05) is 26.1 Å². The van der Waals surface area contributed by atoms with Crippen molar-refractivity contribution < 1.29 is 13.5 Å². The molecule has 0 unspecified atom stereocenters. The molecule has 2 aromatic rings. The lowest BCUT2D eigenvalue weighted by atomic mass is 10.1. The first kappa shape index (κ1) is 14.0. The standard InChI is InChI=1S/C15H17F2N3O/c1-10-18-13-5-6-20(9-14(13)19-10)8-11-3-2-4-12(7-11)21-15(16)17/h2-4,7,15H,5-6,8-9H2,1H3,(H,18,19). The van der Waals surface area contributed by atoms with Crippen molar-refractivity contribution in [1.29, 1.82) is 0 Å². The van der Waals surface area contributed by atoms with Crippen LogP contribution in [0.1, 0.15) is 22.8 Å². The summed E-state index contributed by atoms with van der Waals surface area (Å²) in [6.45, 7) is 1.59. The average molecular weight is 293 g/mol. The van der Waals surface area contributed by atoms with Gasteiger partial charge >= 0.3 is 6.61 Å². The number of nitrogens with one attached hydrogen (secondary N) is 1. The predicted molar refractivity (Wildman–Crippen MR) is 74.2 cm³/mol. The van der Waals surface area contributed by atoms with Crippen molar-refractivity contribution in [2.75, 3.05) is 6.54 Å². The number of imidazole rings is 1. The van der Waals surface area contributed by atoms with E-state index >= 15 is 0 Å². The number of benzene rings is 1. The van der Waals surface area contributed by atoms with Crippen molar-refractivity contribution >= 4 is 0 Å². The number of aryl methyl sites for hydroxylation is 1. The molecule has 3 rings (SSSR count). The molecular weight excluding hydrogens is 276 g/mol. The summed E-state index contributed by atoms with van der Waals surface area (Å²) >= 11 is 0. The molecule has 0 spiro atoms. The summed E-state index contributed by atoms with van der Waals surface area (Å²) in [6, 6.07) is 6.87. The predicted octanol–water partition coefficient (Wildman–Crippen LogP) is 2.88. The third-order valence-corrected chi connectivity index (χ3v) is 3.56. The van der Waals surface area contributed by atoms with Crippen molar-refractivity contribution in [3.8, 4) is 5.75 Å². The van der Waals surface area contributed by atoms with E-state index in [1.807, 2.05) is 13.0 Å². The van der Waals surface area contributed by atoms with E-state index < -0.39 is 6.61 Å². The van der Waals surface area contributed by atoms with Crippen LogP contribution < -0.4 is 4.74 Å². The second-order valence-corrected chi connectivity index (χ2v) is 5.23. The van der Waals surface area contributed by atoms with E-state index in [0.717, 1.165) is 42.3 Å². The van der Waals surface area contributed by atoms with Crippen molar-refractivity contribution in [3.63, 3.8) is 0 Å². The van der Waals surface area contributed by atoms with Crippen molar-refractivity contribution in [1.82, 2.24) is 14.9 Å². The van der Waals surface area contributed by atoms with E-state index in [4.69, 9.17) is 0 Å². The Bertz CT molecular complexity index is 627. The summed E-state index contributed by atoms with van der Waals surface area (Å²) in [7, 11) is 0. The minimum absolute atomic E-state index is 0.206. The zero-order chi connectivity index (χ0) is 14.8. The Balaban J connectivity index is 1.67. The van der Waals surface area contributed by atoms with Gasteiger partial charge in [-0.05, 0) is 24.6 Å². The SMILES string of the molecule is Cc1nc2c([nH]1)CN(Cc1cccc(OC(F)F)c1)CC2. The highest BCUT2D eigenvalue weighted by atomic mass is 19.3. The molecule has 0 atom stereocenters. The van der Waals surface area contributed by atoms with Gasteiger partial charge in [0.05, 0.1) is 11.4 Å². The molecule has 112 valence electrons. The average Bonchev–Trinajstić information content (AvgIpc) is 2.77. The number of aromatic nitrogens is 2. The number of ether oxygens (including phenoxy) is 1. The van der Waals surface area contributed by atoms with Gasteiger partial charge in [-0.1, -0.05) is 12.1 Å². The fourth-order valence-electron chi connectivity index (χ4n) is 2.71. The van der Waals surface area contributed by atoms with Gasteiger partial charge in [0.25, 0.3) is 0 Å². The summed E-state index contributed by atoms with van der Waals surface area (Å²) in [6.07, 6.45) is 0.910. The molecule has 0 saturated heterocycles. The molecule has 0 fully saturated rings. The lowest BCUT2D eigenvalue weighted by Gasteiger charge is -2.26. The molecule has 1 aliphatic rings. The van der Waals surface area contributed by atoms with Gasteiger partial charge in [0.2, 0.25) is 0 Å². The van der Waals surface area contributed by atoms with Gasteiger partial charge in [-0.3, -0.25) is 4.90 Å². The highest BCUT2D eigenvalue weighted by molar-refractivity contribution is 5.29. The van der Waals surface area contributed by atoms with E-state index in [9.17, 15) is 8.78 Å². The highest BCUT2D eigenvalue weighted by Crippen LogP contribution is 2.21. The topological polar surface area (TPSA) is 41.2 Å². The molecule has 0 bridgehead atoms. The first-order chi connectivity index (χ1) is 10.1. The molecule has 1 aliphatic heterocycles. The second-order valence-electron chi connectivity index (χ2n) is 5.23. The van der Waals surface area contributed by atoms with E-state index in [1.165, 1.54) is 0 Å². The van der Waals surface area contributed by atoms with E-state index in [1.54, 1.807) is 18.2 Å². The van der Waals surface area contributed by atoms with E-state index in [0.29, 0.717) is 6.54 Å². The number of fused-ring (bicyclic) bond motifs is 1. The summed E-state index contributed by atoms with van der Waals surface area (Å²) < 4.78 is 28.9. The molecule has 4 nitrogen and oxygen atoms in total. The Kier molecular flexibility index (Phi) is 3.88. The fraction of sp³-hybridized carbons (Fsp3) is 0.400. The normalized spacial score (nSPS) is 15.2. The number of halogens is 2. The summed E-state index contributed by atoms with van der Waals surface area (Å²) in [4.78, 5) is 9.99. The first-order valence-corrected chi connectivity index (χ1v) is 6.90. The maximum absolute atomic E-state index is 12.2. The molecule has 0 aliphatic carbocycles. The molecule has 0 amide bonds. The third kappa shape index (κ3) is 3.39. The molecular formula is C15H17F2N3O. The summed E-state index contributed by atoms with van der Waals surface area (Å²) in [5, 5.41) is 0. The summed E-state index contributed by atoms with van der Waals surface area (Å²) in [5.74, 6) is 1.15. The number of hydrogen-bond donors (Lipinski definition) is 1. The zero-order valence-corrected chi connectivity index (χ0v) is 11.8. The van der Waals surface area contributed by atoms with Crippen LogP contribution in [0.5, 0.6) is 5.75 Å². The minimum atomic E-state index is -2.79. The van der Waals surface area contributed by atoms with Gasteiger partial charge in [-0.2, -0.15) is 8.78 Å². The molecule has 2 heterocycles. The van der Waals surface area contributed by atoms with Crippen LogP contribution in [0, 0.1) is 6.92 Å². The minimum Gasteiger partial charge on any atom is -0.435 e. The monoisotopic (exact) mass is 293 g/mol. The second kappa shape index (κ2) is 5.81. The van der Waals surface area contributed by atoms with E-state index in [2.05, 4.69) is 19.6 Å². The number of H-pyrrole nitrogens is 1. The summed E-state index contributed by atoms with van der Waals surface area (Å²) in [5.41, 5.74) is 3.25. The fourth-order valence-corrected chi connectivity index (χ4v) is 2.71. The van der Waals surface area contributed by atoms with Crippen molar-refractivity contribution in [2.45, 2.75) is 33.0 Å².